The van der Waals surface area contributed by atoms with Crippen molar-refractivity contribution in [3.8, 4) is 5.75 Å². The molecular weight excluding hydrogens is 459 g/mol. The summed E-state index contributed by atoms with van der Waals surface area (Å²) < 4.78 is 39.2. The molecule has 7 nitrogen and oxygen atoms in total. The van der Waals surface area contributed by atoms with E-state index in [9.17, 15) is 27.5 Å². The van der Waals surface area contributed by atoms with E-state index in [0.29, 0.717) is 5.02 Å². The molecule has 32 heavy (non-hydrogen) atoms. The van der Waals surface area contributed by atoms with Crippen LogP contribution in [0.25, 0.3) is 10.9 Å². The number of fused-ring (bicyclic) bond motifs is 1. The number of hydrogen-bond acceptors (Lipinski definition) is 5. The molecule has 0 saturated heterocycles. The lowest BCUT2D eigenvalue weighted by molar-refractivity contribution is 0.102. The molecule has 3 N–H and O–H groups in total. The Balaban J connectivity index is 1.76. The molecule has 1 aromatic heterocycles. The molecule has 0 saturated carbocycles. The Labute approximate surface area is 186 Å². The Hall–Kier alpha value is -3.69. The number of amides is 1. The summed E-state index contributed by atoms with van der Waals surface area (Å²) in [5, 5.41) is 13.5. The molecule has 3 aromatic carbocycles. The number of carbonyl (C=O) groups excluding carboxylic acids is 1. The molecule has 0 radical (unpaired) electrons. The number of benzene rings is 3. The summed E-state index contributed by atoms with van der Waals surface area (Å²) in [7, 11) is -4.35. The summed E-state index contributed by atoms with van der Waals surface area (Å²) in [6.45, 7) is 0. The average Bonchev–Trinajstić information content (AvgIpc) is 2.73. The van der Waals surface area contributed by atoms with Crippen LogP contribution in [0.2, 0.25) is 5.02 Å². The summed E-state index contributed by atoms with van der Waals surface area (Å²) in [5.74, 6) is -1.85. The van der Waals surface area contributed by atoms with Gasteiger partial charge in [-0.05, 0) is 60.7 Å². The van der Waals surface area contributed by atoms with Crippen LogP contribution in [0.1, 0.15) is 10.4 Å². The number of sulfone groups is 1. The van der Waals surface area contributed by atoms with Crippen LogP contribution in [0.4, 0.5) is 10.1 Å². The summed E-state index contributed by atoms with van der Waals surface area (Å²) in [5.41, 5.74) is -0.664. The molecule has 0 aliphatic carbocycles. The minimum atomic E-state index is -4.35. The number of aromatic amines is 1. The van der Waals surface area contributed by atoms with E-state index in [1.165, 1.54) is 60.7 Å². The molecule has 0 bridgehead atoms. The van der Waals surface area contributed by atoms with Crippen LogP contribution in [0, 0.1) is 5.82 Å². The third-order valence-electron chi connectivity index (χ3n) is 4.68. The van der Waals surface area contributed by atoms with E-state index in [1.54, 1.807) is 0 Å². The lowest BCUT2D eigenvalue weighted by Gasteiger charge is -2.10. The Morgan fingerprint density at radius 3 is 2.44 bits per heavy atom. The van der Waals surface area contributed by atoms with Gasteiger partial charge in [0.1, 0.15) is 11.6 Å². The first-order valence-electron chi connectivity index (χ1n) is 9.13. The highest BCUT2D eigenvalue weighted by molar-refractivity contribution is 7.91. The zero-order chi connectivity index (χ0) is 23.0. The molecule has 0 spiro atoms. The van der Waals surface area contributed by atoms with E-state index in [2.05, 4.69) is 10.3 Å². The summed E-state index contributed by atoms with van der Waals surface area (Å²) in [6.07, 6.45) is 0. The largest absolute Gasteiger partial charge is 0.506 e. The van der Waals surface area contributed by atoms with Gasteiger partial charge in [-0.25, -0.2) is 12.8 Å². The maximum Gasteiger partial charge on any atom is 0.271 e. The summed E-state index contributed by atoms with van der Waals surface area (Å²) in [6, 6.07) is 14.4. The standard InChI is InChI=1S/C22H14ClFN2O5S/c23-13-5-7-16(8-6-13)32(30,31)20-19(27)17-9-4-12(10-18(17)26-22(20)29)21(28)25-15-3-1-2-14(24)11-15/h1-11H,(H,25,28)(H2,26,27,29). The molecule has 0 fully saturated rings. The fourth-order valence-corrected chi connectivity index (χ4v) is 4.67. The van der Waals surface area contributed by atoms with Crippen LogP contribution >= 0.6 is 11.6 Å². The maximum absolute atomic E-state index is 13.3. The van der Waals surface area contributed by atoms with E-state index in [1.807, 2.05) is 0 Å². The number of anilines is 1. The number of rotatable bonds is 4. The molecule has 1 amide bonds. The molecule has 4 aromatic rings. The fraction of sp³-hybridized carbons (Fsp3) is 0. The number of hydrogen-bond donors (Lipinski definition) is 3. The lowest BCUT2D eigenvalue weighted by Crippen LogP contribution is -2.19. The predicted molar refractivity (Wildman–Crippen MR) is 117 cm³/mol. The van der Waals surface area contributed by atoms with Crippen molar-refractivity contribution in [1.29, 1.82) is 0 Å². The van der Waals surface area contributed by atoms with Gasteiger partial charge in [-0.15, -0.1) is 0 Å². The number of nitrogens with one attached hydrogen (secondary N) is 2. The molecule has 4 rings (SSSR count). The lowest BCUT2D eigenvalue weighted by atomic mass is 10.1. The second-order valence-corrected chi connectivity index (χ2v) is 9.14. The minimum Gasteiger partial charge on any atom is -0.506 e. The Morgan fingerprint density at radius 1 is 1.03 bits per heavy atom. The Kier molecular flexibility index (Phi) is 5.45. The SMILES string of the molecule is O=C(Nc1cccc(F)c1)c1ccc2c(O)c(S(=O)(=O)c3ccc(Cl)cc3)c(=O)[nH]c2c1. The van der Waals surface area contributed by atoms with Crippen molar-refractivity contribution in [1.82, 2.24) is 4.98 Å². The van der Waals surface area contributed by atoms with Gasteiger partial charge < -0.3 is 15.4 Å². The Bertz CT molecular complexity index is 1530. The third-order valence-corrected chi connectivity index (χ3v) is 6.74. The van der Waals surface area contributed by atoms with Crippen molar-refractivity contribution in [2.75, 3.05) is 5.32 Å². The number of carbonyl (C=O) groups is 1. The number of halogens is 2. The van der Waals surface area contributed by atoms with Gasteiger partial charge in [0, 0.05) is 21.7 Å². The van der Waals surface area contributed by atoms with Gasteiger partial charge in [-0.1, -0.05) is 17.7 Å². The molecule has 0 aliphatic rings. The highest BCUT2D eigenvalue weighted by Crippen LogP contribution is 2.32. The van der Waals surface area contributed by atoms with Crippen LogP contribution < -0.4 is 10.9 Å². The van der Waals surface area contributed by atoms with Gasteiger partial charge >= 0.3 is 0 Å². The van der Waals surface area contributed by atoms with Crippen LogP contribution in [0.5, 0.6) is 5.75 Å². The van der Waals surface area contributed by atoms with Crippen LogP contribution in [-0.2, 0) is 9.84 Å². The first-order chi connectivity index (χ1) is 15.2. The van der Waals surface area contributed by atoms with E-state index in [4.69, 9.17) is 11.6 Å². The number of aromatic hydroxyl groups is 1. The minimum absolute atomic E-state index is 0.0273. The topological polar surface area (TPSA) is 116 Å². The van der Waals surface area contributed by atoms with Gasteiger partial charge in [0.2, 0.25) is 9.84 Å². The predicted octanol–water partition coefficient (Wildman–Crippen LogP) is 4.11. The summed E-state index contributed by atoms with van der Waals surface area (Å²) in [4.78, 5) is 26.4. The van der Waals surface area contributed by atoms with Gasteiger partial charge in [-0.2, -0.15) is 0 Å². The number of H-pyrrole nitrogens is 1. The molecule has 10 heteroatoms. The zero-order valence-electron chi connectivity index (χ0n) is 16.1. The van der Waals surface area contributed by atoms with Gasteiger partial charge in [0.15, 0.2) is 4.90 Å². The second-order valence-electron chi connectivity index (χ2n) is 6.81. The average molecular weight is 473 g/mol. The maximum atomic E-state index is 13.3. The second kappa shape index (κ2) is 8.10. The summed E-state index contributed by atoms with van der Waals surface area (Å²) >= 11 is 5.78. The van der Waals surface area contributed by atoms with Gasteiger partial charge in [0.25, 0.3) is 11.5 Å². The highest BCUT2D eigenvalue weighted by Gasteiger charge is 2.27. The molecular formula is C22H14ClFN2O5S. The molecule has 0 unspecified atom stereocenters. The Morgan fingerprint density at radius 2 is 1.75 bits per heavy atom. The van der Waals surface area contributed by atoms with Crippen molar-refractivity contribution in [2.45, 2.75) is 9.79 Å². The molecule has 162 valence electrons. The normalized spacial score (nSPS) is 11.4. The smallest absolute Gasteiger partial charge is 0.271 e. The zero-order valence-corrected chi connectivity index (χ0v) is 17.7. The van der Waals surface area contributed by atoms with E-state index in [-0.39, 0.29) is 27.0 Å². The van der Waals surface area contributed by atoms with Crippen molar-refractivity contribution in [3.05, 3.63) is 93.5 Å². The van der Waals surface area contributed by atoms with Crippen molar-refractivity contribution in [3.63, 3.8) is 0 Å². The van der Waals surface area contributed by atoms with Gasteiger partial charge in [0.05, 0.1) is 10.4 Å². The number of aromatic nitrogens is 1. The monoisotopic (exact) mass is 472 g/mol. The molecule has 0 atom stereocenters. The van der Waals surface area contributed by atoms with E-state index < -0.39 is 37.8 Å². The molecule has 0 aliphatic heterocycles. The quantitative estimate of drug-likeness (QED) is 0.413. The first-order valence-corrected chi connectivity index (χ1v) is 11.0. The van der Waals surface area contributed by atoms with Crippen molar-refractivity contribution in [2.24, 2.45) is 0 Å². The van der Waals surface area contributed by atoms with E-state index >= 15 is 0 Å². The van der Waals surface area contributed by atoms with Crippen LogP contribution in [0.15, 0.2) is 81.3 Å². The first kappa shape index (κ1) is 21.5. The third kappa shape index (κ3) is 3.95. The highest BCUT2D eigenvalue weighted by atomic mass is 35.5. The van der Waals surface area contributed by atoms with Crippen molar-refractivity contribution < 1.29 is 22.7 Å². The fourth-order valence-electron chi connectivity index (χ4n) is 3.15. The van der Waals surface area contributed by atoms with Crippen molar-refractivity contribution >= 4 is 43.9 Å². The van der Waals surface area contributed by atoms with Crippen LogP contribution in [0.3, 0.4) is 0 Å². The van der Waals surface area contributed by atoms with Gasteiger partial charge in [-0.3, -0.25) is 9.59 Å². The number of pyridine rings is 1. The molecule has 1 heterocycles. The van der Waals surface area contributed by atoms with E-state index in [0.717, 1.165) is 6.07 Å². The van der Waals surface area contributed by atoms with Crippen LogP contribution in [-0.4, -0.2) is 24.4 Å².